The third-order valence-electron chi connectivity index (χ3n) is 0.533. The number of carboxylic acid groups (broad SMARTS) is 3. The van der Waals surface area contributed by atoms with Gasteiger partial charge >= 0.3 is 59.1 Å². The van der Waals surface area contributed by atoms with Crippen LogP contribution >= 0.6 is 0 Å². The molecule has 8 heteroatoms. The van der Waals surface area contributed by atoms with Crippen LogP contribution in [0.5, 0.6) is 0 Å². The Kier molecular flexibility index (Phi) is 27.1. The van der Waals surface area contributed by atoms with Gasteiger partial charge in [0.25, 0.3) is 5.97 Å². The van der Waals surface area contributed by atoms with Crippen LogP contribution in [0.1, 0.15) is 19.8 Å². The summed E-state index contributed by atoms with van der Waals surface area (Å²) in [7, 11) is 0. The number of rotatable bonds is 3. The molecule has 0 aliphatic heterocycles. The number of hydrogen-bond donors (Lipinski definition) is 1. The molecule has 0 aliphatic rings. The topological polar surface area (TPSA) is 118 Å². The first-order chi connectivity index (χ1) is 5.36. The van der Waals surface area contributed by atoms with E-state index in [-0.39, 0.29) is 59.1 Å². The summed E-state index contributed by atoms with van der Waals surface area (Å²) >= 11 is 0. The van der Waals surface area contributed by atoms with Crippen molar-refractivity contribution in [2.45, 2.75) is 19.8 Å². The van der Waals surface area contributed by atoms with Crippen molar-refractivity contribution < 1.29 is 88.8 Å². The second-order valence-corrected chi connectivity index (χ2v) is 1.76. The van der Waals surface area contributed by atoms with E-state index in [2.05, 4.69) is 0 Å². The summed E-state index contributed by atoms with van der Waals surface area (Å²) in [4.78, 5) is 28.0. The third-order valence-corrected chi connectivity index (χ3v) is 0.533. The van der Waals surface area contributed by atoms with E-state index < -0.39 is 30.7 Å². The van der Waals surface area contributed by atoms with Gasteiger partial charge < -0.3 is 24.9 Å². The van der Waals surface area contributed by atoms with E-state index in [9.17, 15) is 19.8 Å². The zero-order chi connectivity index (χ0) is 10.1. The van der Waals surface area contributed by atoms with Gasteiger partial charge in [0.2, 0.25) is 0 Å². The van der Waals surface area contributed by atoms with Crippen molar-refractivity contribution in [1.29, 1.82) is 0 Å². The van der Waals surface area contributed by atoms with Gasteiger partial charge in [-0.1, -0.05) is 0 Å². The molecule has 14 heavy (non-hydrogen) atoms. The Bertz CT molecular complexity index is 163. The Morgan fingerprint density at radius 3 is 1.21 bits per heavy atom. The molecular weight excluding hydrogens is 214 g/mol. The summed E-state index contributed by atoms with van der Waals surface area (Å²) in [5, 5.41) is 26.4. The molecule has 0 bridgehead atoms. The zero-order valence-corrected chi connectivity index (χ0v) is 12.4. The third kappa shape index (κ3) is 55.2. The number of carbonyl (C=O) groups excluding carboxylic acids is 2. The maximum absolute atomic E-state index is 9.50. The molecule has 0 spiro atoms. The van der Waals surface area contributed by atoms with Gasteiger partial charge in [0.15, 0.2) is 0 Å². The first-order valence-corrected chi connectivity index (χ1v) is 2.95. The molecule has 0 radical (unpaired) electrons. The van der Waals surface area contributed by atoms with Gasteiger partial charge in [0.1, 0.15) is 0 Å². The quantitative estimate of drug-likeness (QED) is 0.474. The summed E-state index contributed by atoms with van der Waals surface area (Å²) in [6.45, 7) is 1.08. The smallest absolute Gasteiger partial charge is 0.550 e. The van der Waals surface area contributed by atoms with Crippen LogP contribution in [-0.2, 0) is 14.4 Å². The Balaban J connectivity index is -0.0000000733. The van der Waals surface area contributed by atoms with Crippen molar-refractivity contribution in [1.82, 2.24) is 0 Å². The SMILES string of the molecule is CC(=O)O.O=C([O-])CCC(=O)[O-].[Na+].[Na+]. The summed E-state index contributed by atoms with van der Waals surface area (Å²) in [5.41, 5.74) is 0. The van der Waals surface area contributed by atoms with E-state index in [1.807, 2.05) is 0 Å². The molecule has 0 atom stereocenters. The van der Waals surface area contributed by atoms with Gasteiger partial charge in [-0.15, -0.1) is 0 Å². The van der Waals surface area contributed by atoms with Crippen molar-refractivity contribution in [3.63, 3.8) is 0 Å². The summed E-state index contributed by atoms with van der Waals surface area (Å²) in [6.07, 6.45) is -0.940. The van der Waals surface area contributed by atoms with Crippen LogP contribution < -0.4 is 69.3 Å². The summed E-state index contributed by atoms with van der Waals surface area (Å²) in [5.74, 6) is -3.57. The van der Waals surface area contributed by atoms with Crippen LogP contribution in [0.3, 0.4) is 0 Å². The molecule has 0 aliphatic carbocycles. The van der Waals surface area contributed by atoms with Gasteiger partial charge in [-0.25, -0.2) is 0 Å². The monoisotopic (exact) mass is 222 g/mol. The van der Waals surface area contributed by atoms with E-state index in [0.29, 0.717) is 0 Å². The second kappa shape index (κ2) is 15.9. The van der Waals surface area contributed by atoms with E-state index in [1.54, 1.807) is 0 Å². The summed E-state index contributed by atoms with van der Waals surface area (Å²) in [6, 6.07) is 0. The molecule has 0 aromatic rings. The van der Waals surface area contributed by atoms with Crippen LogP contribution in [0.25, 0.3) is 0 Å². The van der Waals surface area contributed by atoms with Gasteiger partial charge in [-0.2, -0.15) is 0 Å². The second-order valence-electron chi connectivity index (χ2n) is 1.76. The van der Waals surface area contributed by atoms with E-state index >= 15 is 0 Å². The molecule has 0 unspecified atom stereocenters. The minimum absolute atomic E-state index is 0. The fraction of sp³-hybridized carbons (Fsp3) is 0.500. The zero-order valence-electron chi connectivity index (χ0n) is 8.40. The maximum Gasteiger partial charge on any atom is 1.00 e. The Labute approximate surface area is 125 Å². The molecule has 0 aromatic carbocycles. The Morgan fingerprint density at radius 2 is 1.14 bits per heavy atom. The molecule has 0 saturated heterocycles. The van der Waals surface area contributed by atoms with Crippen LogP contribution in [0.15, 0.2) is 0 Å². The molecule has 0 rings (SSSR count). The predicted octanol–water partition coefficient (Wildman–Crippen LogP) is -8.63. The van der Waals surface area contributed by atoms with Crippen LogP contribution in [0.4, 0.5) is 0 Å². The Hall–Kier alpha value is 0.410. The molecule has 0 fully saturated rings. The standard InChI is InChI=1S/C4H6O4.C2H4O2.2Na/c5-3(6)1-2-4(7)8;1-2(3)4;;/h1-2H2,(H,5,6)(H,7,8);1H3,(H,3,4);;/q;;2*+1/p-2. The molecule has 0 heterocycles. The predicted molar refractivity (Wildman–Crippen MR) is 32.6 cm³/mol. The van der Waals surface area contributed by atoms with Gasteiger partial charge in [-0.3, -0.25) is 4.79 Å². The maximum atomic E-state index is 9.50. The molecule has 6 nitrogen and oxygen atoms in total. The van der Waals surface area contributed by atoms with E-state index in [4.69, 9.17) is 9.90 Å². The fourth-order valence-corrected chi connectivity index (χ4v) is 0.204. The van der Waals surface area contributed by atoms with Crippen LogP contribution in [0, 0.1) is 0 Å². The van der Waals surface area contributed by atoms with Crippen molar-refractivity contribution in [3.05, 3.63) is 0 Å². The first-order valence-electron chi connectivity index (χ1n) is 2.95. The van der Waals surface area contributed by atoms with Crippen molar-refractivity contribution >= 4 is 17.9 Å². The van der Waals surface area contributed by atoms with E-state index in [1.165, 1.54) is 0 Å². The van der Waals surface area contributed by atoms with Crippen molar-refractivity contribution in [3.8, 4) is 0 Å². The first kappa shape index (κ1) is 23.9. The largest absolute Gasteiger partial charge is 1.00 e. The molecule has 70 valence electrons. The molecular formula is C6H8Na2O6. The average molecular weight is 222 g/mol. The van der Waals surface area contributed by atoms with Gasteiger partial charge in [-0.05, 0) is 12.8 Å². The van der Waals surface area contributed by atoms with Crippen molar-refractivity contribution in [2.75, 3.05) is 0 Å². The van der Waals surface area contributed by atoms with E-state index in [0.717, 1.165) is 6.92 Å². The number of carboxylic acids is 3. The number of hydrogen-bond acceptors (Lipinski definition) is 5. The van der Waals surface area contributed by atoms with Gasteiger partial charge in [0, 0.05) is 18.9 Å². The molecule has 0 amide bonds. The number of carbonyl (C=O) groups is 3. The van der Waals surface area contributed by atoms with Crippen LogP contribution in [-0.4, -0.2) is 23.0 Å². The Morgan fingerprint density at radius 1 is 1.00 bits per heavy atom. The molecule has 1 N–H and O–H groups in total. The average Bonchev–Trinajstić information content (AvgIpc) is 1.82. The minimum atomic E-state index is -1.37. The fourth-order valence-electron chi connectivity index (χ4n) is 0.204. The van der Waals surface area contributed by atoms with Gasteiger partial charge in [0.05, 0.1) is 0 Å². The molecule has 0 saturated carbocycles. The van der Waals surface area contributed by atoms with Crippen molar-refractivity contribution in [2.24, 2.45) is 0 Å². The van der Waals surface area contributed by atoms with Crippen LogP contribution in [0.2, 0.25) is 0 Å². The normalized spacial score (nSPS) is 6.64. The summed E-state index contributed by atoms with van der Waals surface area (Å²) < 4.78 is 0. The molecule has 0 aromatic heterocycles. The number of aliphatic carboxylic acids is 3. The minimum Gasteiger partial charge on any atom is -0.550 e.